The third-order valence-electron chi connectivity index (χ3n) is 4.47. The molecule has 0 aliphatic heterocycles. The molecule has 3 aromatic carbocycles. The number of nitrogens with two attached hydrogens (primary N) is 1. The molecule has 0 spiro atoms. The van der Waals surface area contributed by atoms with Gasteiger partial charge >= 0.3 is 5.97 Å². The van der Waals surface area contributed by atoms with Crippen molar-refractivity contribution in [2.45, 2.75) is 16.8 Å². The second kappa shape index (κ2) is 8.10. The molecule has 3 N–H and O–H groups in total. The number of rotatable bonds is 7. The molecule has 0 aromatic heterocycles. The number of ether oxygens (including phenoxy) is 1. The van der Waals surface area contributed by atoms with Crippen LogP contribution in [0, 0.1) is 0 Å². The van der Waals surface area contributed by atoms with Crippen LogP contribution in [0.4, 0.5) is 0 Å². The summed E-state index contributed by atoms with van der Waals surface area (Å²) in [6.45, 7) is 1.52. The van der Waals surface area contributed by atoms with Gasteiger partial charge in [0.05, 0.1) is 18.0 Å². The Kier molecular flexibility index (Phi) is 5.79. The molecule has 3 aromatic rings. The second-order valence-electron chi connectivity index (χ2n) is 6.24. The van der Waals surface area contributed by atoms with Crippen LogP contribution in [0.15, 0.2) is 77.7 Å². The zero-order chi connectivity index (χ0) is 20.2. The molecular formula is C21H22N2O4S. The Morgan fingerprint density at radius 2 is 1.64 bits per heavy atom. The number of hydrogen-bond acceptors (Lipinski definition) is 6. The monoisotopic (exact) mass is 398 g/mol. The average molecular weight is 398 g/mol. The average Bonchev–Trinajstić information content (AvgIpc) is 2.72. The molecule has 1 unspecified atom stereocenters. The Hall–Kier alpha value is -2.74. The SMILES string of the molecule is CCOC(=O)CNC(N)(c1cccc2ccccc12)S(=O)(=O)c1ccccc1. The zero-order valence-electron chi connectivity index (χ0n) is 15.5. The Morgan fingerprint density at radius 3 is 2.36 bits per heavy atom. The summed E-state index contributed by atoms with van der Waals surface area (Å²) in [4.78, 5) is 9.94. The van der Waals surface area contributed by atoms with Gasteiger partial charge in [0.1, 0.15) is 0 Å². The van der Waals surface area contributed by atoms with Crippen molar-refractivity contribution < 1.29 is 17.9 Å². The highest BCUT2D eigenvalue weighted by atomic mass is 32.2. The van der Waals surface area contributed by atoms with Crippen LogP contribution in [0.2, 0.25) is 0 Å². The summed E-state index contributed by atoms with van der Waals surface area (Å²) in [6.07, 6.45) is 0. The highest BCUT2D eigenvalue weighted by Crippen LogP contribution is 2.33. The van der Waals surface area contributed by atoms with E-state index in [0.29, 0.717) is 10.9 Å². The van der Waals surface area contributed by atoms with Gasteiger partial charge in [-0.25, -0.2) is 8.42 Å². The van der Waals surface area contributed by atoms with E-state index in [4.69, 9.17) is 10.5 Å². The molecular weight excluding hydrogens is 376 g/mol. The summed E-state index contributed by atoms with van der Waals surface area (Å²) in [5.74, 6) is -0.583. The molecule has 28 heavy (non-hydrogen) atoms. The summed E-state index contributed by atoms with van der Waals surface area (Å²) in [5, 5.41) is 4.27. The molecule has 0 bridgehead atoms. The van der Waals surface area contributed by atoms with E-state index in [1.165, 1.54) is 12.1 Å². The van der Waals surface area contributed by atoms with Crippen molar-refractivity contribution >= 4 is 26.6 Å². The van der Waals surface area contributed by atoms with Crippen molar-refractivity contribution in [1.82, 2.24) is 5.32 Å². The van der Waals surface area contributed by atoms with Gasteiger partial charge in [-0.3, -0.25) is 15.8 Å². The van der Waals surface area contributed by atoms with E-state index in [1.54, 1.807) is 43.3 Å². The van der Waals surface area contributed by atoms with Crippen molar-refractivity contribution in [3.8, 4) is 0 Å². The molecule has 1 atom stereocenters. The minimum Gasteiger partial charge on any atom is -0.465 e. The quantitative estimate of drug-likeness (QED) is 0.469. The van der Waals surface area contributed by atoms with Gasteiger partial charge in [-0.2, -0.15) is 0 Å². The first-order valence-electron chi connectivity index (χ1n) is 8.87. The van der Waals surface area contributed by atoms with Gasteiger partial charge in [0.25, 0.3) is 0 Å². The second-order valence-corrected chi connectivity index (χ2v) is 8.36. The Balaban J connectivity index is 2.18. The predicted molar refractivity (Wildman–Crippen MR) is 108 cm³/mol. The van der Waals surface area contributed by atoms with Crippen molar-refractivity contribution in [3.63, 3.8) is 0 Å². The van der Waals surface area contributed by atoms with Crippen LogP contribution in [0.3, 0.4) is 0 Å². The fourth-order valence-electron chi connectivity index (χ4n) is 3.09. The molecule has 0 heterocycles. The molecule has 0 aliphatic rings. The molecule has 0 saturated heterocycles. The number of hydrogen-bond donors (Lipinski definition) is 2. The van der Waals surface area contributed by atoms with Crippen LogP contribution in [-0.2, 0) is 24.4 Å². The maximum absolute atomic E-state index is 13.5. The van der Waals surface area contributed by atoms with Gasteiger partial charge in [-0.05, 0) is 29.8 Å². The van der Waals surface area contributed by atoms with Crippen LogP contribution >= 0.6 is 0 Å². The van der Waals surface area contributed by atoms with E-state index in [2.05, 4.69) is 5.32 Å². The maximum Gasteiger partial charge on any atom is 0.319 e. The van der Waals surface area contributed by atoms with E-state index < -0.39 is 20.8 Å². The summed E-state index contributed by atoms with van der Waals surface area (Å²) >= 11 is 0. The number of carbonyl (C=O) groups excluding carboxylic acids is 1. The molecule has 0 aliphatic carbocycles. The minimum absolute atomic E-state index is 0.0572. The third kappa shape index (κ3) is 3.64. The van der Waals surface area contributed by atoms with Gasteiger partial charge in [0.2, 0.25) is 14.8 Å². The van der Waals surface area contributed by atoms with Gasteiger partial charge in [-0.15, -0.1) is 0 Å². The van der Waals surface area contributed by atoms with E-state index >= 15 is 0 Å². The van der Waals surface area contributed by atoms with Crippen molar-refractivity contribution in [1.29, 1.82) is 0 Å². The fraction of sp³-hybridized carbons (Fsp3) is 0.190. The lowest BCUT2D eigenvalue weighted by atomic mass is 10.0. The number of fused-ring (bicyclic) bond motifs is 1. The van der Waals surface area contributed by atoms with Gasteiger partial charge in [0.15, 0.2) is 0 Å². The molecule has 146 valence electrons. The molecule has 7 heteroatoms. The predicted octanol–water partition coefficient (Wildman–Crippen LogP) is 2.54. The molecule has 0 amide bonds. The van der Waals surface area contributed by atoms with E-state index in [-0.39, 0.29) is 18.0 Å². The first-order chi connectivity index (χ1) is 13.4. The molecule has 0 radical (unpaired) electrons. The smallest absolute Gasteiger partial charge is 0.319 e. The summed E-state index contributed by atoms with van der Waals surface area (Å²) < 4.78 is 32.0. The summed E-state index contributed by atoms with van der Waals surface area (Å²) in [6, 6.07) is 20.6. The lowest BCUT2D eigenvalue weighted by molar-refractivity contribution is -0.142. The summed E-state index contributed by atoms with van der Waals surface area (Å²) in [5.41, 5.74) is 6.89. The molecule has 6 nitrogen and oxygen atoms in total. The van der Waals surface area contributed by atoms with Crippen molar-refractivity contribution in [2.24, 2.45) is 5.73 Å². The van der Waals surface area contributed by atoms with E-state index in [1.807, 2.05) is 24.3 Å². The fourth-order valence-corrected chi connectivity index (χ4v) is 4.70. The lowest BCUT2D eigenvalue weighted by Crippen LogP contribution is -2.57. The first-order valence-corrected chi connectivity index (χ1v) is 10.4. The third-order valence-corrected chi connectivity index (χ3v) is 6.57. The number of esters is 1. The normalized spacial score (nSPS) is 13.8. The van der Waals surface area contributed by atoms with Gasteiger partial charge < -0.3 is 4.74 Å². The van der Waals surface area contributed by atoms with Crippen LogP contribution in [0.1, 0.15) is 12.5 Å². The maximum atomic E-state index is 13.5. The van der Waals surface area contributed by atoms with Crippen LogP contribution in [0.25, 0.3) is 10.8 Å². The van der Waals surface area contributed by atoms with Gasteiger partial charge in [-0.1, -0.05) is 60.7 Å². The van der Waals surface area contributed by atoms with Crippen molar-refractivity contribution in [3.05, 3.63) is 78.4 Å². The highest BCUT2D eigenvalue weighted by Gasteiger charge is 2.44. The van der Waals surface area contributed by atoms with Crippen LogP contribution < -0.4 is 11.1 Å². The van der Waals surface area contributed by atoms with E-state index in [0.717, 1.165) is 5.39 Å². The Labute approximate surface area is 164 Å². The largest absolute Gasteiger partial charge is 0.465 e. The number of benzene rings is 3. The first kappa shape index (κ1) is 20.0. The number of carbonyl (C=O) groups is 1. The minimum atomic E-state index is -4.10. The van der Waals surface area contributed by atoms with Gasteiger partial charge in [0, 0.05) is 5.56 Å². The zero-order valence-corrected chi connectivity index (χ0v) is 16.3. The standard InChI is InChI=1S/C21H22N2O4S/c1-2-27-20(24)15-23-21(22,28(25,26)17-11-4-3-5-12-17)19-14-8-10-16-9-6-7-13-18(16)19/h3-14,23H,2,15,22H2,1H3. The van der Waals surface area contributed by atoms with E-state index in [9.17, 15) is 13.2 Å². The Morgan fingerprint density at radius 1 is 1.00 bits per heavy atom. The summed E-state index contributed by atoms with van der Waals surface area (Å²) in [7, 11) is -4.10. The molecule has 0 fully saturated rings. The van der Waals surface area contributed by atoms with Crippen LogP contribution in [0.5, 0.6) is 0 Å². The van der Waals surface area contributed by atoms with Crippen LogP contribution in [-0.4, -0.2) is 27.5 Å². The molecule has 0 saturated carbocycles. The Bertz CT molecular complexity index is 1080. The lowest BCUT2D eigenvalue weighted by Gasteiger charge is -2.31. The molecule has 3 rings (SSSR count). The topological polar surface area (TPSA) is 98.5 Å². The highest BCUT2D eigenvalue weighted by molar-refractivity contribution is 7.92. The van der Waals surface area contributed by atoms with Crippen molar-refractivity contribution in [2.75, 3.05) is 13.2 Å². The number of nitrogens with one attached hydrogen (secondary N) is 1. The number of sulfone groups is 1.